The molecule has 1 amide bonds. The van der Waals surface area contributed by atoms with Gasteiger partial charge in [-0.1, -0.05) is 0 Å². The molecule has 0 saturated carbocycles. The maximum Gasteiger partial charge on any atom is 0.338 e. The molecule has 178 valence electrons. The molecule has 0 aliphatic heterocycles. The SMILES string of the molecule is CN(Cc1cnc2nc(N)nc(N)c2n1)c1ccc(C(=O)N[C@H](C[C@@H](F)C(=O)O)C(=O)O)cc1. The summed E-state index contributed by atoms with van der Waals surface area (Å²) in [5.41, 5.74) is 13.4. The van der Waals surface area contributed by atoms with Gasteiger partial charge >= 0.3 is 11.9 Å². The highest BCUT2D eigenvalue weighted by atomic mass is 19.1. The van der Waals surface area contributed by atoms with E-state index in [9.17, 15) is 18.8 Å². The summed E-state index contributed by atoms with van der Waals surface area (Å²) < 4.78 is 13.4. The maximum absolute atomic E-state index is 13.4. The highest BCUT2D eigenvalue weighted by molar-refractivity contribution is 5.97. The minimum absolute atomic E-state index is 0.00522. The van der Waals surface area contributed by atoms with E-state index >= 15 is 0 Å². The molecule has 0 saturated heterocycles. The number of hydrogen-bond donors (Lipinski definition) is 5. The van der Waals surface area contributed by atoms with Crippen molar-refractivity contribution in [2.24, 2.45) is 0 Å². The van der Waals surface area contributed by atoms with Gasteiger partial charge in [-0.05, 0) is 24.3 Å². The highest BCUT2D eigenvalue weighted by Gasteiger charge is 2.28. The Balaban J connectivity index is 1.68. The average Bonchev–Trinajstić information content (AvgIpc) is 2.78. The fourth-order valence-corrected chi connectivity index (χ4v) is 3.03. The number of carboxylic acid groups (broad SMARTS) is 2. The molecule has 7 N–H and O–H groups in total. The number of nitrogens with zero attached hydrogens (tertiary/aromatic N) is 5. The van der Waals surface area contributed by atoms with Gasteiger partial charge in [0.15, 0.2) is 23.2 Å². The number of aromatic nitrogens is 4. The molecule has 2 atom stereocenters. The third-order valence-corrected chi connectivity index (χ3v) is 4.78. The molecule has 0 bridgehead atoms. The van der Waals surface area contributed by atoms with E-state index < -0.39 is 36.5 Å². The second-order valence-electron chi connectivity index (χ2n) is 7.31. The van der Waals surface area contributed by atoms with Crippen molar-refractivity contribution in [2.45, 2.75) is 25.2 Å². The number of alkyl halides is 1. The number of nitrogen functional groups attached to an aromatic ring is 2. The third-order valence-electron chi connectivity index (χ3n) is 4.78. The first-order valence-electron chi connectivity index (χ1n) is 9.81. The van der Waals surface area contributed by atoms with Gasteiger partial charge in [0, 0.05) is 24.7 Å². The molecule has 0 aliphatic rings. The van der Waals surface area contributed by atoms with Crippen molar-refractivity contribution >= 4 is 46.5 Å². The topological polar surface area (TPSA) is 211 Å². The summed E-state index contributed by atoms with van der Waals surface area (Å²) in [4.78, 5) is 52.5. The molecule has 13 nitrogen and oxygen atoms in total. The van der Waals surface area contributed by atoms with Gasteiger partial charge in [-0.15, -0.1) is 0 Å². The summed E-state index contributed by atoms with van der Waals surface area (Å²) in [6.07, 6.45) is -1.80. The van der Waals surface area contributed by atoms with Crippen molar-refractivity contribution in [3.8, 4) is 0 Å². The average molecular weight is 472 g/mol. The van der Waals surface area contributed by atoms with E-state index in [0.717, 1.165) is 0 Å². The highest BCUT2D eigenvalue weighted by Crippen LogP contribution is 2.19. The van der Waals surface area contributed by atoms with E-state index in [1.807, 2.05) is 4.90 Å². The first-order chi connectivity index (χ1) is 16.0. The molecular weight excluding hydrogens is 451 g/mol. The van der Waals surface area contributed by atoms with Crippen LogP contribution in [0.4, 0.5) is 21.8 Å². The van der Waals surface area contributed by atoms with Crippen LogP contribution in [0.5, 0.6) is 0 Å². The summed E-state index contributed by atoms with van der Waals surface area (Å²) in [6.45, 7) is 0.326. The number of aliphatic carboxylic acids is 2. The number of carbonyl (C=O) groups excluding carboxylic acids is 1. The van der Waals surface area contributed by atoms with E-state index in [-0.39, 0.29) is 23.0 Å². The Bertz CT molecular complexity index is 1240. The van der Waals surface area contributed by atoms with Gasteiger partial charge < -0.3 is 31.9 Å². The van der Waals surface area contributed by atoms with Crippen molar-refractivity contribution in [1.29, 1.82) is 0 Å². The molecule has 0 spiro atoms. The quantitative estimate of drug-likeness (QED) is 0.283. The van der Waals surface area contributed by atoms with Crippen molar-refractivity contribution in [3.63, 3.8) is 0 Å². The zero-order chi connectivity index (χ0) is 25.0. The van der Waals surface area contributed by atoms with Crippen LogP contribution in [0.15, 0.2) is 30.5 Å². The lowest BCUT2D eigenvalue weighted by Gasteiger charge is -2.19. The number of rotatable bonds is 9. The summed E-state index contributed by atoms with van der Waals surface area (Å²) in [5.74, 6) is -4.03. The zero-order valence-electron chi connectivity index (χ0n) is 17.8. The lowest BCUT2D eigenvalue weighted by molar-refractivity contribution is -0.145. The summed E-state index contributed by atoms with van der Waals surface area (Å²) in [5, 5.41) is 19.9. The number of anilines is 3. The fourth-order valence-electron chi connectivity index (χ4n) is 3.03. The molecule has 3 rings (SSSR count). The van der Waals surface area contributed by atoms with Crippen LogP contribution in [0.2, 0.25) is 0 Å². The van der Waals surface area contributed by atoms with E-state index in [1.165, 1.54) is 18.3 Å². The number of hydrogen-bond acceptors (Lipinski definition) is 10. The number of nitrogens with two attached hydrogens (primary N) is 2. The lowest BCUT2D eigenvalue weighted by Crippen LogP contribution is -2.43. The van der Waals surface area contributed by atoms with Gasteiger partial charge in [0.05, 0.1) is 18.4 Å². The lowest BCUT2D eigenvalue weighted by atomic mass is 10.1. The molecule has 0 fully saturated rings. The van der Waals surface area contributed by atoms with Crippen LogP contribution >= 0.6 is 0 Å². The van der Waals surface area contributed by atoms with Crippen LogP contribution in [0.25, 0.3) is 11.2 Å². The monoisotopic (exact) mass is 472 g/mol. The van der Waals surface area contributed by atoms with Crippen molar-refractivity contribution in [1.82, 2.24) is 25.3 Å². The Hall–Kier alpha value is -4.62. The van der Waals surface area contributed by atoms with Gasteiger partial charge in [0.2, 0.25) is 5.95 Å². The number of halogens is 1. The molecule has 2 heterocycles. The molecule has 2 aromatic heterocycles. The minimum atomic E-state index is -2.42. The number of benzene rings is 1. The Kier molecular flexibility index (Phi) is 6.99. The second kappa shape index (κ2) is 9.89. The Labute approximate surface area is 191 Å². The maximum atomic E-state index is 13.4. The van der Waals surface area contributed by atoms with E-state index in [2.05, 4.69) is 25.3 Å². The molecule has 34 heavy (non-hydrogen) atoms. The number of amides is 1. The molecule has 0 aliphatic carbocycles. The van der Waals surface area contributed by atoms with E-state index in [4.69, 9.17) is 21.7 Å². The van der Waals surface area contributed by atoms with Gasteiger partial charge in [0.1, 0.15) is 6.04 Å². The van der Waals surface area contributed by atoms with Gasteiger partial charge in [-0.25, -0.2) is 23.9 Å². The number of fused-ring (bicyclic) bond motifs is 1. The molecule has 14 heteroatoms. The van der Waals surface area contributed by atoms with Crippen LogP contribution in [0.1, 0.15) is 22.5 Å². The Morgan fingerprint density at radius 2 is 1.76 bits per heavy atom. The fraction of sp³-hybridized carbons (Fsp3) is 0.250. The zero-order valence-corrected chi connectivity index (χ0v) is 17.8. The first-order valence-corrected chi connectivity index (χ1v) is 9.81. The van der Waals surface area contributed by atoms with Gasteiger partial charge in [-0.2, -0.15) is 9.97 Å². The van der Waals surface area contributed by atoms with Crippen molar-refractivity contribution in [3.05, 3.63) is 41.7 Å². The smallest absolute Gasteiger partial charge is 0.338 e. The predicted molar refractivity (Wildman–Crippen MR) is 119 cm³/mol. The summed E-state index contributed by atoms with van der Waals surface area (Å²) in [6, 6.07) is 4.44. The minimum Gasteiger partial charge on any atom is -0.480 e. The van der Waals surface area contributed by atoms with E-state index in [0.29, 0.717) is 23.4 Å². The van der Waals surface area contributed by atoms with Crippen LogP contribution in [0, 0.1) is 0 Å². The van der Waals surface area contributed by atoms with Crippen LogP contribution < -0.4 is 21.7 Å². The summed E-state index contributed by atoms with van der Waals surface area (Å²) >= 11 is 0. The Morgan fingerprint density at radius 3 is 2.38 bits per heavy atom. The molecule has 1 aromatic carbocycles. The molecule has 0 radical (unpaired) electrons. The van der Waals surface area contributed by atoms with Crippen LogP contribution in [-0.4, -0.2) is 67.3 Å². The van der Waals surface area contributed by atoms with Crippen molar-refractivity contribution < 1.29 is 29.0 Å². The van der Waals surface area contributed by atoms with Crippen LogP contribution in [-0.2, 0) is 16.1 Å². The van der Waals surface area contributed by atoms with Gasteiger partial charge in [0.25, 0.3) is 5.91 Å². The molecule has 0 unspecified atom stereocenters. The molecular formula is C20H21FN8O5. The van der Waals surface area contributed by atoms with Crippen molar-refractivity contribution in [2.75, 3.05) is 23.4 Å². The second-order valence-corrected chi connectivity index (χ2v) is 7.31. The number of carbonyl (C=O) groups is 3. The van der Waals surface area contributed by atoms with Gasteiger partial charge in [-0.3, -0.25) is 4.79 Å². The van der Waals surface area contributed by atoms with E-state index in [1.54, 1.807) is 19.2 Å². The number of carboxylic acids is 2. The molecule has 3 aromatic rings. The largest absolute Gasteiger partial charge is 0.480 e. The number of nitrogens with one attached hydrogen (secondary N) is 1. The summed E-state index contributed by atoms with van der Waals surface area (Å²) in [7, 11) is 1.78. The Morgan fingerprint density at radius 1 is 1.09 bits per heavy atom. The normalized spacial score (nSPS) is 12.6. The first kappa shape index (κ1) is 24.0. The standard InChI is InChI=1S/C20H21FN8O5/c1-29(8-10-7-24-16-14(25-10)15(22)27-20(23)28-16)11-4-2-9(3-5-11)17(30)26-13(19(33)34)6-12(21)18(31)32/h2-5,7,12-13H,6,8H2,1H3,(H,26,30)(H,31,32)(H,33,34)(H4,22,23,24,27,28)/t12-,13-/m1/s1. The third kappa shape index (κ3) is 5.59. The predicted octanol–water partition coefficient (Wildman–Crippen LogP) is 0.216. The van der Waals surface area contributed by atoms with Crippen LogP contribution in [0.3, 0.4) is 0 Å².